The highest BCUT2D eigenvalue weighted by atomic mass is 16.2. The normalized spacial score (nSPS) is 14.6. The average molecular weight is 577 g/mol. The smallest absolute Gasteiger partial charge is 0.246 e. The average Bonchev–Trinajstić information content (AvgIpc) is 2.94. The predicted molar refractivity (Wildman–Crippen MR) is 172 cm³/mol. The Morgan fingerprint density at radius 1 is 0.881 bits per heavy atom. The fraction of sp³-hybridized carbons (Fsp3) is 0.514. The van der Waals surface area contributed by atoms with E-state index in [2.05, 4.69) is 16.0 Å². The van der Waals surface area contributed by atoms with Crippen LogP contribution in [0.25, 0.3) is 0 Å². The van der Waals surface area contributed by atoms with Crippen LogP contribution in [0, 0.1) is 11.3 Å². The van der Waals surface area contributed by atoms with Gasteiger partial charge in [-0.25, -0.2) is 0 Å². The second-order valence-corrected chi connectivity index (χ2v) is 13.1. The van der Waals surface area contributed by atoms with Crippen molar-refractivity contribution in [3.63, 3.8) is 0 Å². The summed E-state index contributed by atoms with van der Waals surface area (Å²) in [6.07, 6.45) is 2.60. The zero-order valence-corrected chi connectivity index (χ0v) is 27.2. The molecule has 0 heterocycles. The van der Waals surface area contributed by atoms with E-state index in [0.717, 1.165) is 17.5 Å². The summed E-state index contributed by atoms with van der Waals surface area (Å²) in [6, 6.07) is 18.2. The molecule has 3 atom stereocenters. The molecule has 0 saturated carbocycles. The Morgan fingerprint density at radius 2 is 1.43 bits per heavy atom. The number of hydrogen-bond acceptors (Lipinski definition) is 4. The first-order chi connectivity index (χ1) is 19.6. The van der Waals surface area contributed by atoms with Gasteiger partial charge < -0.3 is 20.9 Å². The highest BCUT2D eigenvalue weighted by Gasteiger charge is 2.41. The molecule has 0 bridgehead atoms. The van der Waals surface area contributed by atoms with Crippen LogP contribution in [0.2, 0.25) is 0 Å². The van der Waals surface area contributed by atoms with Gasteiger partial charge in [-0.05, 0) is 42.9 Å². The van der Waals surface area contributed by atoms with Crippen molar-refractivity contribution in [2.75, 3.05) is 20.6 Å². The van der Waals surface area contributed by atoms with Gasteiger partial charge in [-0.2, -0.15) is 0 Å². The van der Waals surface area contributed by atoms with Crippen LogP contribution >= 0.6 is 0 Å². The van der Waals surface area contributed by atoms with E-state index >= 15 is 0 Å². The van der Waals surface area contributed by atoms with E-state index in [1.807, 2.05) is 115 Å². The Morgan fingerprint density at radius 3 is 1.93 bits per heavy atom. The lowest BCUT2D eigenvalue weighted by molar-refractivity contribution is -0.140. The minimum Gasteiger partial charge on any atom is -0.352 e. The van der Waals surface area contributed by atoms with E-state index in [1.54, 1.807) is 25.9 Å². The number of amides is 3. The molecule has 0 saturated heterocycles. The Hall–Kier alpha value is -3.45. The van der Waals surface area contributed by atoms with Crippen molar-refractivity contribution < 1.29 is 14.4 Å². The molecule has 0 radical (unpaired) electrons. The van der Waals surface area contributed by atoms with E-state index in [0.29, 0.717) is 12.1 Å². The van der Waals surface area contributed by atoms with Crippen molar-refractivity contribution >= 4 is 17.7 Å². The largest absolute Gasteiger partial charge is 0.352 e. The molecular formula is C35H52N4O3. The highest BCUT2D eigenvalue weighted by Crippen LogP contribution is 2.29. The van der Waals surface area contributed by atoms with Crippen LogP contribution < -0.4 is 16.0 Å². The molecule has 0 aliphatic heterocycles. The van der Waals surface area contributed by atoms with Crippen LogP contribution in [-0.2, 0) is 26.2 Å². The van der Waals surface area contributed by atoms with Crippen LogP contribution in [0.15, 0.2) is 72.3 Å². The predicted octanol–water partition coefficient (Wildman–Crippen LogP) is 4.87. The van der Waals surface area contributed by atoms with Gasteiger partial charge in [0.15, 0.2) is 0 Å². The number of likely N-dealkylation sites (N-methyl/N-ethyl adjacent to an activating group) is 2. The topological polar surface area (TPSA) is 90.5 Å². The van der Waals surface area contributed by atoms with E-state index in [-0.39, 0.29) is 29.7 Å². The molecule has 0 fully saturated rings. The summed E-state index contributed by atoms with van der Waals surface area (Å²) in [4.78, 5) is 42.3. The maximum absolute atomic E-state index is 14.0. The number of nitrogens with one attached hydrogen (secondary N) is 3. The summed E-state index contributed by atoms with van der Waals surface area (Å²) in [7, 11) is 3.51. The van der Waals surface area contributed by atoms with Gasteiger partial charge in [-0.1, -0.05) is 115 Å². The SMILES string of the molecule is CN[C@H](C(=O)N[C@H](C(=O)N(C)[C@H](C=C(C)C(=O)NCCc1ccccc1)C(C)C)C(C)(C)C)C(C)(C)c1ccccc1. The summed E-state index contributed by atoms with van der Waals surface area (Å²) < 4.78 is 0. The second-order valence-electron chi connectivity index (χ2n) is 13.1. The summed E-state index contributed by atoms with van der Waals surface area (Å²) in [5, 5.41) is 9.25. The second kappa shape index (κ2) is 15.1. The highest BCUT2D eigenvalue weighted by molar-refractivity contribution is 5.93. The standard InChI is InChI=1S/C35H52N4O3/c1-24(2)28(23-25(3)31(40)37-22-21-26-17-13-11-14-18-26)39(10)33(42)30(34(4,5)6)38-32(41)29(36-9)35(7,8)27-19-15-12-16-20-27/h11-20,23-24,28-30,36H,21-22H2,1-10H3,(H,37,40)(H,38,41)/t28-,29-,30-/m1/s1. The Kier molecular flexibility index (Phi) is 12.5. The molecule has 2 rings (SSSR count). The monoisotopic (exact) mass is 576 g/mol. The maximum atomic E-state index is 14.0. The van der Waals surface area contributed by atoms with Gasteiger partial charge in [0.05, 0.1) is 12.1 Å². The van der Waals surface area contributed by atoms with E-state index in [1.165, 1.54) is 0 Å². The molecule has 42 heavy (non-hydrogen) atoms. The number of carbonyl (C=O) groups is 3. The lowest BCUT2D eigenvalue weighted by atomic mass is 9.76. The maximum Gasteiger partial charge on any atom is 0.246 e. The molecule has 0 unspecified atom stereocenters. The molecule has 3 amide bonds. The summed E-state index contributed by atoms with van der Waals surface area (Å²) in [5.41, 5.74) is 1.67. The lowest BCUT2D eigenvalue weighted by Crippen LogP contribution is -2.61. The molecule has 0 aromatic heterocycles. The first-order valence-corrected chi connectivity index (χ1v) is 14.9. The number of hydrogen-bond donors (Lipinski definition) is 3. The Labute approximate surface area is 253 Å². The number of nitrogens with zero attached hydrogens (tertiary/aromatic N) is 1. The first kappa shape index (κ1) is 34.7. The van der Waals surface area contributed by atoms with Crippen molar-refractivity contribution in [2.24, 2.45) is 11.3 Å². The summed E-state index contributed by atoms with van der Waals surface area (Å²) in [5.74, 6) is -0.545. The fourth-order valence-electron chi connectivity index (χ4n) is 5.27. The molecule has 0 spiro atoms. The van der Waals surface area contributed by atoms with Crippen LogP contribution in [0.3, 0.4) is 0 Å². The minimum absolute atomic E-state index is 0.0457. The van der Waals surface area contributed by atoms with Gasteiger partial charge in [0.25, 0.3) is 0 Å². The third-order valence-electron chi connectivity index (χ3n) is 7.99. The Bertz CT molecular complexity index is 1200. The quantitative estimate of drug-likeness (QED) is 0.297. The molecule has 0 aliphatic rings. The van der Waals surface area contributed by atoms with Gasteiger partial charge in [-0.15, -0.1) is 0 Å². The molecule has 7 nitrogen and oxygen atoms in total. The van der Waals surface area contributed by atoms with Crippen LogP contribution in [0.1, 0.15) is 66.5 Å². The molecular weight excluding hydrogens is 524 g/mol. The zero-order valence-electron chi connectivity index (χ0n) is 27.2. The summed E-state index contributed by atoms with van der Waals surface area (Å²) in [6.45, 7) is 16.2. The van der Waals surface area contributed by atoms with Crippen molar-refractivity contribution in [1.82, 2.24) is 20.9 Å². The Balaban J connectivity index is 2.22. The van der Waals surface area contributed by atoms with Crippen molar-refractivity contribution in [2.45, 2.75) is 85.4 Å². The minimum atomic E-state index is -0.771. The molecule has 3 N–H and O–H groups in total. The number of carbonyl (C=O) groups excluding carboxylic acids is 3. The fourth-order valence-corrected chi connectivity index (χ4v) is 5.27. The van der Waals surface area contributed by atoms with E-state index < -0.39 is 22.9 Å². The summed E-state index contributed by atoms with van der Waals surface area (Å²) >= 11 is 0. The van der Waals surface area contributed by atoms with Gasteiger partial charge in [0.1, 0.15) is 6.04 Å². The number of benzene rings is 2. The molecule has 2 aromatic carbocycles. The van der Waals surface area contributed by atoms with Gasteiger partial charge in [0, 0.05) is 24.6 Å². The zero-order chi connectivity index (χ0) is 31.7. The number of rotatable bonds is 13. The van der Waals surface area contributed by atoms with Gasteiger partial charge in [-0.3, -0.25) is 14.4 Å². The van der Waals surface area contributed by atoms with Crippen molar-refractivity contribution in [3.8, 4) is 0 Å². The third kappa shape index (κ3) is 9.28. The van der Waals surface area contributed by atoms with Crippen molar-refractivity contribution in [3.05, 3.63) is 83.4 Å². The van der Waals surface area contributed by atoms with Gasteiger partial charge in [0.2, 0.25) is 17.7 Å². The molecule has 230 valence electrons. The van der Waals surface area contributed by atoms with E-state index in [9.17, 15) is 14.4 Å². The van der Waals surface area contributed by atoms with Crippen LogP contribution in [0.5, 0.6) is 0 Å². The first-order valence-electron chi connectivity index (χ1n) is 14.9. The lowest BCUT2D eigenvalue weighted by Gasteiger charge is -2.40. The van der Waals surface area contributed by atoms with Crippen molar-refractivity contribution in [1.29, 1.82) is 0 Å². The van der Waals surface area contributed by atoms with Crippen LogP contribution in [0.4, 0.5) is 0 Å². The molecule has 7 heteroatoms. The third-order valence-corrected chi connectivity index (χ3v) is 7.99. The molecule has 2 aromatic rings. The van der Waals surface area contributed by atoms with E-state index in [4.69, 9.17) is 0 Å². The van der Waals surface area contributed by atoms with Gasteiger partial charge >= 0.3 is 0 Å². The van der Waals surface area contributed by atoms with Crippen LogP contribution in [-0.4, -0.2) is 61.4 Å². The molecule has 0 aliphatic carbocycles.